The predicted octanol–water partition coefficient (Wildman–Crippen LogP) is 3.65. The molecule has 1 saturated carbocycles. The Kier molecular flexibility index (Phi) is 2.33. The zero-order valence-electron chi connectivity index (χ0n) is 12.4. The zero-order valence-corrected chi connectivity index (χ0v) is 12.4. The van der Waals surface area contributed by atoms with Gasteiger partial charge in [0.1, 0.15) is 17.1 Å². The van der Waals surface area contributed by atoms with Gasteiger partial charge < -0.3 is 9.52 Å². The van der Waals surface area contributed by atoms with Crippen molar-refractivity contribution in [3.63, 3.8) is 0 Å². The summed E-state index contributed by atoms with van der Waals surface area (Å²) in [5.41, 5.74) is 2.30. The Labute approximate surface area is 124 Å². The molecule has 2 saturated heterocycles. The van der Waals surface area contributed by atoms with Gasteiger partial charge in [-0.25, -0.2) is 0 Å². The second-order valence-electron chi connectivity index (χ2n) is 7.10. The largest absolute Gasteiger partial charge is 0.508 e. The number of nitrogens with zero attached hydrogens (tertiary/aromatic N) is 1. The third kappa shape index (κ3) is 1.53. The molecule has 0 spiro atoms. The molecule has 5 unspecified atom stereocenters. The van der Waals surface area contributed by atoms with E-state index in [1.54, 1.807) is 6.07 Å². The fourth-order valence-corrected chi connectivity index (χ4v) is 5.20. The van der Waals surface area contributed by atoms with E-state index in [0.29, 0.717) is 17.7 Å². The highest BCUT2D eigenvalue weighted by molar-refractivity contribution is 5.84. The van der Waals surface area contributed by atoms with Gasteiger partial charge in [0.15, 0.2) is 0 Å². The summed E-state index contributed by atoms with van der Waals surface area (Å²) in [5, 5.41) is 10.9. The van der Waals surface area contributed by atoms with Gasteiger partial charge in [-0.3, -0.25) is 4.90 Å². The number of furan rings is 1. The Hall–Kier alpha value is -1.48. The van der Waals surface area contributed by atoms with Crippen LogP contribution in [0.3, 0.4) is 0 Å². The first-order valence-corrected chi connectivity index (χ1v) is 8.22. The molecule has 1 aromatic heterocycles. The number of piperidine rings is 2. The summed E-state index contributed by atoms with van der Waals surface area (Å²) < 4.78 is 6.26. The molecule has 1 aromatic carbocycles. The number of phenols is 1. The molecule has 0 radical (unpaired) electrons. The van der Waals surface area contributed by atoms with Gasteiger partial charge in [0.05, 0.1) is 0 Å². The molecule has 6 rings (SSSR count). The molecular formula is C18H21NO2. The van der Waals surface area contributed by atoms with Gasteiger partial charge in [-0.05, 0) is 56.7 Å². The highest BCUT2D eigenvalue weighted by atomic mass is 16.3. The van der Waals surface area contributed by atoms with Crippen LogP contribution in [0.4, 0.5) is 0 Å². The lowest BCUT2D eigenvalue weighted by Gasteiger charge is -2.52. The maximum absolute atomic E-state index is 9.80. The number of hydrogen-bond acceptors (Lipinski definition) is 3. The first-order valence-electron chi connectivity index (χ1n) is 8.22. The van der Waals surface area contributed by atoms with Crippen LogP contribution < -0.4 is 0 Å². The SMILES string of the molecule is CC1C2CCC3C(C2)c2oc4ccc(O)cc4c2CCN13. The molecule has 4 bridgehead atoms. The van der Waals surface area contributed by atoms with Crippen molar-refractivity contribution in [2.45, 2.75) is 50.6 Å². The summed E-state index contributed by atoms with van der Waals surface area (Å²) in [7, 11) is 0. The summed E-state index contributed by atoms with van der Waals surface area (Å²) in [6.07, 6.45) is 5.04. The molecule has 4 aliphatic rings. The van der Waals surface area contributed by atoms with Crippen LogP contribution >= 0.6 is 0 Å². The summed E-state index contributed by atoms with van der Waals surface area (Å²) in [6.45, 7) is 3.54. The van der Waals surface area contributed by atoms with Crippen molar-refractivity contribution >= 4 is 11.0 Å². The maximum atomic E-state index is 9.80. The molecule has 1 aliphatic carbocycles. The lowest BCUT2D eigenvalue weighted by molar-refractivity contribution is -0.0178. The second kappa shape index (κ2) is 4.04. The summed E-state index contributed by atoms with van der Waals surface area (Å²) in [6, 6.07) is 6.92. The van der Waals surface area contributed by atoms with Crippen molar-refractivity contribution in [3.05, 3.63) is 29.5 Å². The van der Waals surface area contributed by atoms with Gasteiger partial charge in [-0.15, -0.1) is 0 Å². The molecule has 21 heavy (non-hydrogen) atoms. The normalized spacial score (nSPS) is 37.5. The third-order valence-corrected chi connectivity index (χ3v) is 6.25. The minimum Gasteiger partial charge on any atom is -0.508 e. The zero-order chi connectivity index (χ0) is 14.1. The van der Waals surface area contributed by atoms with Crippen molar-refractivity contribution in [2.75, 3.05) is 6.54 Å². The van der Waals surface area contributed by atoms with E-state index in [2.05, 4.69) is 11.8 Å². The van der Waals surface area contributed by atoms with Gasteiger partial charge >= 0.3 is 0 Å². The second-order valence-corrected chi connectivity index (χ2v) is 7.10. The lowest BCUT2D eigenvalue weighted by Crippen LogP contribution is -2.56. The van der Waals surface area contributed by atoms with E-state index in [1.807, 2.05) is 12.1 Å². The molecule has 3 aliphatic heterocycles. The van der Waals surface area contributed by atoms with Crippen molar-refractivity contribution < 1.29 is 9.52 Å². The van der Waals surface area contributed by atoms with Crippen molar-refractivity contribution in [3.8, 4) is 5.75 Å². The first-order chi connectivity index (χ1) is 10.2. The van der Waals surface area contributed by atoms with Gasteiger partial charge in [0, 0.05) is 35.5 Å². The Morgan fingerprint density at radius 2 is 2.19 bits per heavy atom. The van der Waals surface area contributed by atoms with Crippen LogP contribution in [0.1, 0.15) is 43.4 Å². The van der Waals surface area contributed by atoms with E-state index in [0.717, 1.165) is 35.9 Å². The van der Waals surface area contributed by atoms with Gasteiger partial charge in [0.25, 0.3) is 0 Å². The van der Waals surface area contributed by atoms with Crippen LogP contribution in [0.15, 0.2) is 22.6 Å². The van der Waals surface area contributed by atoms with Crippen molar-refractivity contribution in [1.29, 1.82) is 0 Å². The molecule has 1 N–H and O–H groups in total. The number of aromatic hydroxyl groups is 1. The van der Waals surface area contributed by atoms with Crippen LogP contribution in [-0.4, -0.2) is 28.6 Å². The van der Waals surface area contributed by atoms with Crippen molar-refractivity contribution in [1.82, 2.24) is 4.90 Å². The molecule has 2 aromatic rings. The first kappa shape index (κ1) is 12.1. The lowest BCUT2D eigenvalue weighted by atomic mass is 9.68. The molecule has 0 amide bonds. The number of hydrogen-bond donors (Lipinski definition) is 1. The Morgan fingerprint density at radius 1 is 1.29 bits per heavy atom. The topological polar surface area (TPSA) is 36.6 Å². The van der Waals surface area contributed by atoms with Crippen molar-refractivity contribution in [2.24, 2.45) is 5.92 Å². The van der Waals surface area contributed by atoms with E-state index in [-0.39, 0.29) is 0 Å². The standard InChI is InChI=1S/C18H21NO2/c1-10-11-2-4-16-15(8-11)18-13(6-7-19(10)16)14-9-12(20)3-5-17(14)21-18/h3,5,9-11,15-16,20H,2,4,6-8H2,1H3. The minimum atomic E-state index is 0.341. The maximum Gasteiger partial charge on any atom is 0.134 e. The minimum absolute atomic E-state index is 0.341. The molecular weight excluding hydrogens is 262 g/mol. The van der Waals surface area contributed by atoms with Gasteiger partial charge in [-0.2, -0.15) is 0 Å². The number of phenolic OH excluding ortho intramolecular Hbond substituents is 1. The highest BCUT2D eigenvalue weighted by Gasteiger charge is 2.48. The smallest absolute Gasteiger partial charge is 0.134 e. The average Bonchev–Trinajstić information content (AvgIpc) is 2.78. The monoisotopic (exact) mass is 283 g/mol. The van der Waals surface area contributed by atoms with E-state index < -0.39 is 0 Å². The summed E-state index contributed by atoms with van der Waals surface area (Å²) in [4.78, 5) is 2.73. The fourth-order valence-electron chi connectivity index (χ4n) is 5.20. The van der Waals surface area contributed by atoms with Crippen LogP contribution in [-0.2, 0) is 6.42 Å². The quantitative estimate of drug-likeness (QED) is 0.801. The van der Waals surface area contributed by atoms with Gasteiger partial charge in [0.2, 0.25) is 0 Å². The highest BCUT2D eigenvalue weighted by Crippen LogP contribution is 2.51. The predicted molar refractivity (Wildman–Crippen MR) is 81.6 cm³/mol. The third-order valence-electron chi connectivity index (χ3n) is 6.25. The van der Waals surface area contributed by atoms with Crippen LogP contribution in [0.2, 0.25) is 0 Å². The number of fused-ring (bicyclic) bond motifs is 4. The van der Waals surface area contributed by atoms with Crippen LogP contribution in [0.5, 0.6) is 5.75 Å². The van der Waals surface area contributed by atoms with E-state index in [9.17, 15) is 5.11 Å². The average molecular weight is 283 g/mol. The molecule has 3 nitrogen and oxygen atoms in total. The van der Waals surface area contributed by atoms with Crippen LogP contribution in [0.25, 0.3) is 11.0 Å². The molecule has 110 valence electrons. The molecule has 3 fully saturated rings. The molecule has 4 heterocycles. The Balaban J connectivity index is 1.71. The number of rotatable bonds is 0. The van der Waals surface area contributed by atoms with Gasteiger partial charge in [-0.1, -0.05) is 0 Å². The summed E-state index contributed by atoms with van der Waals surface area (Å²) >= 11 is 0. The Morgan fingerprint density at radius 3 is 3.10 bits per heavy atom. The van der Waals surface area contributed by atoms with E-state index >= 15 is 0 Å². The number of benzene rings is 1. The summed E-state index contributed by atoms with van der Waals surface area (Å²) in [5.74, 6) is 2.95. The van der Waals surface area contributed by atoms with Crippen LogP contribution in [0, 0.1) is 5.92 Å². The fraction of sp³-hybridized carbons (Fsp3) is 0.556. The van der Waals surface area contributed by atoms with E-state index in [4.69, 9.17) is 4.42 Å². The van der Waals surface area contributed by atoms with E-state index in [1.165, 1.54) is 30.6 Å². The molecule has 5 atom stereocenters. The Bertz CT molecular complexity index is 719. The molecule has 3 heteroatoms.